The lowest BCUT2D eigenvalue weighted by Crippen LogP contribution is -2.34. The third kappa shape index (κ3) is 3.95. The zero-order chi connectivity index (χ0) is 16.8. The summed E-state index contributed by atoms with van der Waals surface area (Å²) in [6.07, 6.45) is 7.94. The molecule has 2 aromatic rings. The zero-order valence-electron chi connectivity index (χ0n) is 13.4. The molecule has 1 unspecified atom stereocenters. The van der Waals surface area contributed by atoms with Crippen LogP contribution in [0, 0.1) is 0 Å². The van der Waals surface area contributed by atoms with E-state index in [1.165, 1.54) is 0 Å². The first-order valence-electron chi connectivity index (χ1n) is 8.15. The second-order valence-electron chi connectivity index (χ2n) is 5.82. The Labute approximate surface area is 140 Å². The van der Waals surface area contributed by atoms with E-state index in [9.17, 15) is 9.59 Å². The first-order chi connectivity index (χ1) is 11.7. The predicted octanol–water partition coefficient (Wildman–Crippen LogP) is 2.04. The quantitative estimate of drug-likeness (QED) is 0.881. The van der Waals surface area contributed by atoms with Crippen LogP contribution in [0.15, 0.2) is 42.9 Å². The number of nitrogens with zero attached hydrogens (tertiary/aromatic N) is 2. The minimum atomic E-state index is -0.212. The average molecular weight is 324 g/mol. The van der Waals surface area contributed by atoms with E-state index in [-0.39, 0.29) is 24.2 Å². The topological polar surface area (TPSA) is 84.0 Å². The molecule has 0 aliphatic heterocycles. The predicted molar refractivity (Wildman–Crippen MR) is 90.4 cm³/mol. The lowest BCUT2D eigenvalue weighted by atomic mass is 9.86. The molecule has 0 fully saturated rings. The van der Waals surface area contributed by atoms with Crippen molar-refractivity contribution in [2.24, 2.45) is 0 Å². The molecule has 1 atom stereocenters. The minimum absolute atomic E-state index is 0.0520. The fourth-order valence-corrected chi connectivity index (χ4v) is 2.95. The number of fused-ring (bicyclic) bond motifs is 1. The molecule has 6 nitrogen and oxygen atoms in total. The Balaban J connectivity index is 1.49. The van der Waals surface area contributed by atoms with Gasteiger partial charge in [-0.1, -0.05) is 6.07 Å². The van der Waals surface area contributed by atoms with Crippen molar-refractivity contribution in [1.29, 1.82) is 0 Å². The summed E-state index contributed by atoms with van der Waals surface area (Å²) in [6.45, 7) is 0.309. The van der Waals surface area contributed by atoms with Gasteiger partial charge in [-0.15, -0.1) is 0 Å². The first kappa shape index (κ1) is 16.1. The maximum absolute atomic E-state index is 12.4. The third-order valence-electron chi connectivity index (χ3n) is 4.11. The number of carbonyl (C=O) groups is 2. The number of nitrogens with one attached hydrogen (secondary N) is 2. The molecule has 6 heteroatoms. The standard InChI is InChI=1S/C18H20N4O2/c23-16(22-14-6-3-9-19-12-14)8-11-21-18(24)15-7-1-4-13-5-2-10-20-17(13)15/h2-3,5-6,9-10,12,15H,1,4,7-8,11H2,(H,21,24)(H,22,23). The summed E-state index contributed by atoms with van der Waals surface area (Å²) >= 11 is 0. The van der Waals surface area contributed by atoms with Crippen LogP contribution in [-0.2, 0) is 16.0 Å². The second-order valence-corrected chi connectivity index (χ2v) is 5.82. The van der Waals surface area contributed by atoms with Crippen molar-refractivity contribution in [3.8, 4) is 0 Å². The van der Waals surface area contributed by atoms with Crippen LogP contribution in [0.2, 0.25) is 0 Å². The summed E-state index contributed by atoms with van der Waals surface area (Å²) in [6, 6.07) is 7.46. The number of anilines is 1. The molecule has 0 spiro atoms. The van der Waals surface area contributed by atoms with Gasteiger partial charge in [0.25, 0.3) is 0 Å². The molecule has 0 saturated carbocycles. The van der Waals surface area contributed by atoms with Gasteiger partial charge in [0.05, 0.1) is 23.5 Å². The molecular formula is C18H20N4O2. The Morgan fingerprint density at radius 1 is 1.21 bits per heavy atom. The van der Waals surface area contributed by atoms with Crippen molar-refractivity contribution >= 4 is 17.5 Å². The first-order valence-corrected chi connectivity index (χ1v) is 8.15. The van der Waals surface area contributed by atoms with E-state index >= 15 is 0 Å². The van der Waals surface area contributed by atoms with Gasteiger partial charge in [-0.2, -0.15) is 0 Å². The monoisotopic (exact) mass is 324 g/mol. The molecule has 2 aromatic heterocycles. The van der Waals surface area contributed by atoms with Crippen LogP contribution in [0.1, 0.15) is 36.4 Å². The van der Waals surface area contributed by atoms with Gasteiger partial charge >= 0.3 is 0 Å². The van der Waals surface area contributed by atoms with Crippen LogP contribution in [0.5, 0.6) is 0 Å². The van der Waals surface area contributed by atoms with Gasteiger partial charge in [0.15, 0.2) is 0 Å². The molecule has 3 rings (SSSR count). The Bertz CT molecular complexity index is 718. The van der Waals surface area contributed by atoms with E-state index in [1.54, 1.807) is 30.7 Å². The van der Waals surface area contributed by atoms with Gasteiger partial charge in [-0.05, 0) is 43.0 Å². The molecular weight excluding hydrogens is 304 g/mol. The van der Waals surface area contributed by atoms with Crippen LogP contribution in [0.25, 0.3) is 0 Å². The van der Waals surface area contributed by atoms with Gasteiger partial charge in [0.2, 0.25) is 11.8 Å². The van der Waals surface area contributed by atoms with Gasteiger partial charge in [-0.3, -0.25) is 19.6 Å². The fourth-order valence-electron chi connectivity index (χ4n) is 2.95. The zero-order valence-corrected chi connectivity index (χ0v) is 13.4. The van der Waals surface area contributed by atoms with Crippen LogP contribution in [-0.4, -0.2) is 28.3 Å². The Hall–Kier alpha value is -2.76. The number of carbonyl (C=O) groups excluding carboxylic acids is 2. The third-order valence-corrected chi connectivity index (χ3v) is 4.11. The van der Waals surface area contributed by atoms with E-state index in [1.807, 2.05) is 12.1 Å². The SMILES string of the molecule is O=C(CCNC(=O)C1CCCc2cccnc21)Nc1cccnc1. The molecule has 1 aliphatic carbocycles. The van der Waals surface area contributed by atoms with Crippen molar-refractivity contribution in [1.82, 2.24) is 15.3 Å². The van der Waals surface area contributed by atoms with Crippen molar-refractivity contribution in [2.45, 2.75) is 31.6 Å². The number of amides is 2. The molecule has 2 N–H and O–H groups in total. The molecule has 0 saturated heterocycles. The summed E-state index contributed by atoms with van der Waals surface area (Å²) < 4.78 is 0. The molecule has 2 heterocycles. The lowest BCUT2D eigenvalue weighted by Gasteiger charge is -2.23. The van der Waals surface area contributed by atoms with Crippen LogP contribution in [0.3, 0.4) is 0 Å². The highest BCUT2D eigenvalue weighted by molar-refractivity contribution is 5.91. The van der Waals surface area contributed by atoms with E-state index < -0.39 is 0 Å². The highest BCUT2D eigenvalue weighted by Gasteiger charge is 2.27. The van der Waals surface area contributed by atoms with E-state index in [0.29, 0.717) is 12.2 Å². The van der Waals surface area contributed by atoms with Gasteiger partial charge < -0.3 is 10.6 Å². The van der Waals surface area contributed by atoms with Crippen molar-refractivity contribution < 1.29 is 9.59 Å². The fraction of sp³-hybridized carbons (Fsp3) is 0.333. The van der Waals surface area contributed by atoms with Gasteiger partial charge in [0.1, 0.15) is 0 Å². The molecule has 0 radical (unpaired) electrons. The minimum Gasteiger partial charge on any atom is -0.355 e. The second kappa shape index (κ2) is 7.68. The van der Waals surface area contributed by atoms with Gasteiger partial charge in [0, 0.05) is 25.4 Å². The number of rotatable bonds is 5. The summed E-state index contributed by atoms with van der Waals surface area (Å²) in [5.74, 6) is -0.411. The highest BCUT2D eigenvalue weighted by Crippen LogP contribution is 2.29. The van der Waals surface area contributed by atoms with Crippen LogP contribution >= 0.6 is 0 Å². The summed E-state index contributed by atoms with van der Waals surface area (Å²) in [7, 11) is 0. The maximum Gasteiger partial charge on any atom is 0.229 e. The van der Waals surface area contributed by atoms with E-state index in [2.05, 4.69) is 20.6 Å². The number of hydrogen-bond donors (Lipinski definition) is 2. The number of hydrogen-bond acceptors (Lipinski definition) is 4. The largest absolute Gasteiger partial charge is 0.355 e. The molecule has 0 bridgehead atoms. The summed E-state index contributed by atoms with van der Waals surface area (Å²) in [4.78, 5) is 32.6. The molecule has 2 amide bonds. The summed E-state index contributed by atoms with van der Waals surface area (Å²) in [5.41, 5.74) is 2.68. The Kier molecular flexibility index (Phi) is 5.15. The smallest absolute Gasteiger partial charge is 0.229 e. The maximum atomic E-state index is 12.4. The molecule has 1 aliphatic rings. The number of pyridine rings is 2. The Morgan fingerprint density at radius 2 is 2.08 bits per heavy atom. The lowest BCUT2D eigenvalue weighted by molar-refractivity contribution is -0.123. The molecule has 24 heavy (non-hydrogen) atoms. The molecule has 124 valence electrons. The van der Waals surface area contributed by atoms with E-state index in [4.69, 9.17) is 0 Å². The molecule has 0 aromatic carbocycles. The highest BCUT2D eigenvalue weighted by atomic mass is 16.2. The van der Waals surface area contributed by atoms with Crippen LogP contribution < -0.4 is 10.6 Å². The summed E-state index contributed by atoms with van der Waals surface area (Å²) in [5, 5.41) is 5.60. The van der Waals surface area contributed by atoms with Crippen molar-refractivity contribution in [3.63, 3.8) is 0 Å². The van der Waals surface area contributed by atoms with Gasteiger partial charge in [-0.25, -0.2) is 0 Å². The van der Waals surface area contributed by atoms with Crippen molar-refractivity contribution in [2.75, 3.05) is 11.9 Å². The van der Waals surface area contributed by atoms with Crippen molar-refractivity contribution in [3.05, 3.63) is 54.1 Å². The number of aromatic nitrogens is 2. The number of aryl methyl sites for hydroxylation is 1. The van der Waals surface area contributed by atoms with E-state index in [0.717, 1.165) is 30.5 Å². The van der Waals surface area contributed by atoms with Crippen LogP contribution in [0.4, 0.5) is 5.69 Å². The average Bonchev–Trinajstić information content (AvgIpc) is 2.62. The normalized spacial score (nSPS) is 16.1. The Morgan fingerprint density at radius 3 is 2.92 bits per heavy atom.